The normalized spacial score (nSPS) is 21.7. The van der Waals surface area contributed by atoms with Gasteiger partial charge in [-0.2, -0.15) is 0 Å². The summed E-state index contributed by atoms with van der Waals surface area (Å²) in [4.78, 5) is 26.9. The predicted octanol–water partition coefficient (Wildman–Crippen LogP) is 3.37. The highest BCUT2D eigenvalue weighted by molar-refractivity contribution is 7.16. The molecule has 2 aromatic rings. The monoisotopic (exact) mass is 320 g/mol. The Morgan fingerprint density at radius 1 is 1.19 bits per heavy atom. The number of rotatable bonds is 3. The van der Waals surface area contributed by atoms with Gasteiger partial charge in [0.25, 0.3) is 5.91 Å². The molecule has 1 aliphatic heterocycles. The van der Waals surface area contributed by atoms with E-state index in [0.717, 1.165) is 10.4 Å². The van der Waals surface area contributed by atoms with Gasteiger partial charge in [-0.15, -0.1) is 11.3 Å². The molecular formula is C15H13ClN2O2S. The van der Waals surface area contributed by atoms with Gasteiger partial charge in [0.1, 0.15) is 5.54 Å². The van der Waals surface area contributed by atoms with Gasteiger partial charge in [0, 0.05) is 4.88 Å². The first-order valence-electron chi connectivity index (χ1n) is 6.44. The third-order valence-electron chi connectivity index (χ3n) is 3.57. The molecule has 1 aromatic heterocycles. The quantitative estimate of drug-likeness (QED) is 0.881. The second kappa shape index (κ2) is 5.16. The lowest BCUT2D eigenvalue weighted by Gasteiger charge is -2.22. The second-order valence-electron chi connectivity index (χ2n) is 5.02. The topological polar surface area (TPSA) is 49.4 Å². The Kier molecular flexibility index (Phi) is 3.47. The second-order valence-corrected chi connectivity index (χ2v) is 6.82. The number of nitrogens with one attached hydrogen (secondary N) is 1. The van der Waals surface area contributed by atoms with E-state index in [2.05, 4.69) is 5.32 Å². The zero-order chi connectivity index (χ0) is 15.0. The average Bonchev–Trinajstić information content (AvgIpc) is 2.98. The van der Waals surface area contributed by atoms with Gasteiger partial charge in [-0.3, -0.25) is 9.69 Å². The molecule has 21 heavy (non-hydrogen) atoms. The van der Waals surface area contributed by atoms with Gasteiger partial charge in [-0.25, -0.2) is 4.79 Å². The summed E-state index contributed by atoms with van der Waals surface area (Å²) < 4.78 is 0.642. The maximum absolute atomic E-state index is 12.7. The fourth-order valence-electron chi connectivity index (χ4n) is 2.40. The predicted molar refractivity (Wildman–Crippen MR) is 82.2 cm³/mol. The number of benzene rings is 1. The molecule has 108 valence electrons. The van der Waals surface area contributed by atoms with Crippen LogP contribution in [0.2, 0.25) is 4.34 Å². The summed E-state index contributed by atoms with van der Waals surface area (Å²) in [7, 11) is 0. The SMILES string of the molecule is C[C@@]1(c2ccccc2)NC(=O)N(Cc2ccc(Cl)s2)C1=O. The molecule has 1 saturated heterocycles. The smallest absolute Gasteiger partial charge is 0.319 e. The van der Waals surface area contributed by atoms with E-state index in [1.807, 2.05) is 36.4 Å². The van der Waals surface area contributed by atoms with Crippen molar-refractivity contribution in [3.63, 3.8) is 0 Å². The first kappa shape index (κ1) is 14.1. The van der Waals surface area contributed by atoms with Crippen LogP contribution in [0.3, 0.4) is 0 Å². The Morgan fingerprint density at radius 2 is 1.90 bits per heavy atom. The maximum atomic E-state index is 12.7. The molecular weight excluding hydrogens is 308 g/mol. The van der Waals surface area contributed by atoms with Crippen molar-refractivity contribution in [2.75, 3.05) is 0 Å². The summed E-state index contributed by atoms with van der Waals surface area (Å²) in [6, 6.07) is 12.5. The highest BCUT2D eigenvalue weighted by atomic mass is 35.5. The van der Waals surface area contributed by atoms with Crippen molar-refractivity contribution in [3.8, 4) is 0 Å². The largest absolute Gasteiger partial charge is 0.325 e. The van der Waals surface area contributed by atoms with Crippen molar-refractivity contribution in [1.29, 1.82) is 0 Å². The van der Waals surface area contributed by atoms with Crippen molar-refractivity contribution in [2.24, 2.45) is 0 Å². The molecule has 0 spiro atoms. The lowest BCUT2D eigenvalue weighted by atomic mass is 9.92. The standard InChI is InChI=1S/C15H13ClN2O2S/c1-15(10-5-3-2-4-6-10)13(19)18(14(20)17-15)9-11-7-8-12(16)21-11/h2-8H,9H2,1H3,(H,17,20)/t15-/m0/s1. The number of thiophene rings is 1. The molecule has 3 amide bonds. The van der Waals surface area contributed by atoms with Crippen LogP contribution in [0.25, 0.3) is 0 Å². The fourth-order valence-corrected chi connectivity index (χ4v) is 3.48. The number of hydrogen-bond donors (Lipinski definition) is 1. The highest BCUT2D eigenvalue weighted by Crippen LogP contribution is 2.31. The molecule has 0 radical (unpaired) electrons. The number of amides is 3. The molecule has 3 rings (SSSR count). The Labute approximate surface area is 131 Å². The Bertz CT molecular complexity index is 701. The van der Waals surface area contributed by atoms with Crippen LogP contribution >= 0.6 is 22.9 Å². The van der Waals surface area contributed by atoms with E-state index in [1.54, 1.807) is 13.0 Å². The first-order valence-corrected chi connectivity index (χ1v) is 7.64. The van der Waals surface area contributed by atoms with Crippen LogP contribution in [-0.4, -0.2) is 16.8 Å². The summed E-state index contributed by atoms with van der Waals surface area (Å²) in [5.41, 5.74) is -0.241. The highest BCUT2D eigenvalue weighted by Gasteiger charge is 2.48. The summed E-state index contributed by atoms with van der Waals surface area (Å²) >= 11 is 7.25. The van der Waals surface area contributed by atoms with Gasteiger partial charge in [-0.05, 0) is 24.6 Å². The van der Waals surface area contributed by atoms with Crippen LogP contribution in [0.15, 0.2) is 42.5 Å². The number of urea groups is 1. The zero-order valence-corrected chi connectivity index (χ0v) is 12.9. The van der Waals surface area contributed by atoms with E-state index in [9.17, 15) is 9.59 Å². The summed E-state index contributed by atoms with van der Waals surface area (Å²) in [6.45, 7) is 1.97. The van der Waals surface area contributed by atoms with Crippen LogP contribution in [0.1, 0.15) is 17.4 Å². The number of carbonyl (C=O) groups excluding carboxylic acids is 2. The van der Waals surface area contributed by atoms with Gasteiger partial charge < -0.3 is 5.32 Å². The average molecular weight is 321 g/mol. The first-order chi connectivity index (χ1) is 10.0. The van der Waals surface area contributed by atoms with E-state index in [1.165, 1.54) is 16.2 Å². The number of halogens is 1. The van der Waals surface area contributed by atoms with Gasteiger partial charge in [0.05, 0.1) is 10.9 Å². The molecule has 1 aromatic carbocycles. The molecule has 0 aliphatic carbocycles. The van der Waals surface area contributed by atoms with Gasteiger partial charge in [0.2, 0.25) is 0 Å². The lowest BCUT2D eigenvalue weighted by Crippen LogP contribution is -2.40. The Morgan fingerprint density at radius 3 is 2.52 bits per heavy atom. The molecule has 0 bridgehead atoms. The van der Waals surface area contributed by atoms with Crippen LogP contribution in [0.5, 0.6) is 0 Å². The van der Waals surface area contributed by atoms with Crippen LogP contribution in [0, 0.1) is 0 Å². The number of hydrogen-bond acceptors (Lipinski definition) is 3. The Balaban J connectivity index is 1.88. The zero-order valence-electron chi connectivity index (χ0n) is 11.3. The minimum Gasteiger partial charge on any atom is -0.319 e. The third kappa shape index (κ3) is 2.43. The van der Waals surface area contributed by atoms with Crippen molar-refractivity contribution in [1.82, 2.24) is 10.2 Å². The van der Waals surface area contributed by atoms with Gasteiger partial charge >= 0.3 is 6.03 Å². The molecule has 6 heteroatoms. The van der Waals surface area contributed by atoms with E-state index >= 15 is 0 Å². The maximum Gasteiger partial charge on any atom is 0.325 e. The van der Waals surface area contributed by atoms with Crippen molar-refractivity contribution >= 4 is 34.9 Å². The molecule has 1 atom stereocenters. The molecule has 1 aliphatic rings. The molecule has 2 heterocycles. The Hall–Kier alpha value is -1.85. The lowest BCUT2D eigenvalue weighted by molar-refractivity contribution is -0.131. The molecule has 1 fully saturated rings. The van der Waals surface area contributed by atoms with E-state index < -0.39 is 5.54 Å². The summed E-state index contributed by atoms with van der Waals surface area (Å²) in [6.07, 6.45) is 0. The summed E-state index contributed by atoms with van der Waals surface area (Å²) in [5.74, 6) is -0.247. The van der Waals surface area contributed by atoms with Crippen molar-refractivity contribution in [3.05, 3.63) is 57.2 Å². The number of nitrogens with zero attached hydrogens (tertiary/aromatic N) is 1. The van der Waals surface area contributed by atoms with Crippen LogP contribution < -0.4 is 5.32 Å². The van der Waals surface area contributed by atoms with Crippen molar-refractivity contribution < 1.29 is 9.59 Å². The van der Waals surface area contributed by atoms with Crippen LogP contribution in [-0.2, 0) is 16.9 Å². The van der Waals surface area contributed by atoms with Crippen LogP contribution in [0.4, 0.5) is 4.79 Å². The number of carbonyl (C=O) groups is 2. The van der Waals surface area contributed by atoms with E-state index in [4.69, 9.17) is 11.6 Å². The van der Waals surface area contributed by atoms with E-state index in [0.29, 0.717) is 4.34 Å². The van der Waals surface area contributed by atoms with Gasteiger partial charge in [0.15, 0.2) is 0 Å². The molecule has 4 nitrogen and oxygen atoms in total. The fraction of sp³-hybridized carbons (Fsp3) is 0.200. The molecule has 0 saturated carbocycles. The van der Waals surface area contributed by atoms with Crippen molar-refractivity contribution in [2.45, 2.75) is 19.0 Å². The molecule has 0 unspecified atom stereocenters. The molecule has 1 N–H and O–H groups in total. The van der Waals surface area contributed by atoms with Gasteiger partial charge in [-0.1, -0.05) is 41.9 Å². The third-order valence-corrected chi connectivity index (χ3v) is 4.78. The minimum absolute atomic E-state index is 0.241. The minimum atomic E-state index is -1.01. The summed E-state index contributed by atoms with van der Waals surface area (Å²) in [5, 5.41) is 2.78. The number of imide groups is 1. The van der Waals surface area contributed by atoms with E-state index in [-0.39, 0.29) is 18.5 Å².